The van der Waals surface area contributed by atoms with Crippen molar-refractivity contribution in [3.05, 3.63) is 16.9 Å². The third-order valence-corrected chi connectivity index (χ3v) is 2.21. The smallest absolute Gasteiger partial charge is 0.188 e. The van der Waals surface area contributed by atoms with E-state index < -0.39 is 0 Å². The maximum atomic E-state index is 5.81. The Labute approximate surface area is 81.8 Å². The molecular formula is C8H11ClN2S. The lowest BCUT2D eigenvalue weighted by molar-refractivity contribution is 0.779. The molecule has 0 N–H and O–H groups in total. The van der Waals surface area contributed by atoms with Gasteiger partial charge in [0.05, 0.1) is 0 Å². The first-order valence-electron chi connectivity index (χ1n) is 3.72. The van der Waals surface area contributed by atoms with Crippen LogP contribution in [-0.2, 0) is 0 Å². The summed E-state index contributed by atoms with van der Waals surface area (Å²) in [5.74, 6) is 0.399. The Morgan fingerprint density at radius 3 is 2.58 bits per heavy atom. The summed E-state index contributed by atoms with van der Waals surface area (Å²) in [5, 5.41) is 1.27. The molecule has 0 spiro atoms. The van der Waals surface area contributed by atoms with Gasteiger partial charge in [-0.05, 0) is 18.2 Å². The SMILES string of the molecule is CSc1nc(Cl)cc(C(C)C)n1. The zero-order valence-corrected chi connectivity index (χ0v) is 8.91. The van der Waals surface area contributed by atoms with Crippen molar-refractivity contribution >= 4 is 23.4 Å². The van der Waals surface area contributed by atoms with Gasteiger partial charge in [0.25, 0.3) is 0 Å². The van der Waals surface area contributed by atoms with E-state index in [0.717, 1.165) is 10.9 Å². The highest BCUT2D eigenvalue weighted by atomic mass is 35.5. The molecule has 0 saturated carbocycles. The molecule has 1 aromatic rings. The maximum Gasteiger partial charge on any atom is 0.188 e. The van der Waals surface area contributed by atoms with Crippen LogP contribution in [0.2, 0.25) is 5.15 Å². The molecule has 66 valence electrons. The summed E-state index contributed by atoms with van der Waals surface area (Å²) in [7, 11) is 0. The van der Waals surface area contributed by atoms with Crippen LogP contribution in [0.4, 0.5) is 0 Å². The van der Waals surface area contributed by atoms with E-state index in [1.807, 2.05) is 12.3 Å². The van der Waals surface area contributed by atoms with Gasteiger partial charge in [-0.1, -0.05) is 37.2 Å². The van der Waals surface area contributed by atoms with Crippen molar-refractivity contribution in [3.8, 4) is 0 Å². The summed E-state index contributed by atoms with van der Waals surface area (Å²) in [6, 6.07) is 1.81. The Balaban J connectivity index is 3.06. The van der Waals surface area contributed by atoms with E-state index in [1.165, 1.54) is 11.8 Å². The van der Waals surface area contributed by atoms with Crippen LogP contribution in [0.25, 0.3) is 0 Å². The van der Waals surface area contributed by atoms with Crippen LogP contribution >= 0.6 is 23.4 Å². The normalized spacial score (nSPS) is 10.8. The minimum atomic E-state index is 0.399. The second kappa shape index (κ2) is 4.10. The van der Waals surface area contributed by atoms with E-state index in [2.05, 4.69) is 23.8 Å². The number of hydrogen-bond acceptors (Lipinski definition) is 3. The molecule has 0 aromatic carbocycles. The van der Waals surface area contributed by atoms with Crippen molar-refractivity contribution in [3.63, 3.8) is 0 Å². The highest BCUT2D eigenvalue weighted by Gasteiger charge is 2.05. The summed E-state index contributed by atoms with van der Waals surface area (Å²) >= 11 is 7.32. The Morgan fingerprint density at radius 2 is 2.08 bits per heavy atom. The van der Waals surface area contributed by atoms with Crippen LogP contribution in [0, 0.1) is 0 Å². The molecule has 4 heteroatoms. The predicted molar refractivity (Wildman–Crippen MR) is 52.9 cm³/mol. The molecule has 0 amide bonds. The average molecular weight is 203 g/mol. The molecule has 0 fully saturated rings. The van der Waals surface area contributed by atoms with E-state index in [9.17, 15) is 0 Å². The quantitative estimate of drug-likeness (QED) is 0.419. The molecule has 0 aliphatic carbocycles. The van der Waals surface area contributed by atoms with E-state index in [1.54, 1.807) is 0 Å². The van der Waals surface area contributed by atoms with Crippen molar-refractivity contribution in [2.45, 2.75) is 24.9 Å². The molecule has 0 saturated heterocycles. The van der Waals surface area contributed by atoms with Crippen LogP contribution in [0.3, 0.4) is 0 Å². The van der Waals surface area contributed by atoms with Gasteiger partial charge in [0.15, 0.2) is 5.16 Å². The first-order valence-corrected chi connectivity index (χ1v) is 5.32. The number of thioether (sulfide) groups is 1. The summed E-state index contributed by atoms with van der Waals surface area (Å²) in [6.45, 7) is 4.17. The molecule has 0 radical (unpaired) electrons. The van der Waals surface area contributed by atoms with Crippen molar-refractivity contribution in [1.29, 1.82) is 0 Å². The molecule has 0 unspecified atom stereocenters. The predicted octanol–water partition coefficient (Wildman–Crippen LogP) is 2.98. The summed E-state index contributed by atoms with van der Waals surface area (Å²) < 4.78 is 0. The first kappa shape index (κ1) is 9.81. The van der Waals surface area contributed by atoms with E-state index in [0.29, 0.717) is 11.1 Å². The van der Waals surface area contributed by atoms with Crippen LogP contribution in [0.1, 0.15) is 25.5 Å². The molecule has 0 bridgehead atoms. The fraction of sp³-hybridized carbons (Fsp3) is 0.500. The van der Waals surface area contributed by atoms with Gasteiger partial charge in [-0.2, -0.15) is 0 Å². The lowest BCUT2D eigenvalue weighted by Gasteiger charge is -2.05. The fourth-order valence-corrected chi connectivity index (χ4v) is 1.43. The van der Waals surface area contributed by atoms with Crippen LogP contribution in [0.5, 0.6) is 0 Å². The third kappa shape index (κ3) is 2.35. The Bertz CT molecular complexity index is 276. The topological polar surface area (TPSA) is 25.8 Å². The van der Waals surface area contributed by atoms with E-state index >= 15 is 0 Å². The minimum absolute atomic E-state index is 0.399. The van der Waals surface area contributed by atoms with Gasteiger partial charge in [0, 0.05) is 5.69 Å². The standard InChI is InChI=1S/C8H11ClN2S/c1-5(2)6-4-7(9)11-8(10-6)12-3/h4-5H,1-3H3. The monoisotopic (exact) mass is 202 g/mol. The highest BCUT2D eigenvalue weighted by Crippen LogP contribution is 2.19. The number of halogens is 1. The Kier molecular flexibility index (Phi) is 3.35. The molecule has 0 aliphatic heterocycles. The summed E-state index contributed by atoms with van der Waals surface area (Å²) in [5.41, 5.74) is 0.999. The number of aromatic nitrogens is 2. The lowest BCUT2D eigenvalue weighted by atomic mass is 10.1. The zero-order valence-electron chi connectivity index (χ0n) is 7.34. The fourth-order valence-electron chi connectivity index (χ4n) is 0.800. The molecule has 12 heavy (non-hydrogen) atoms. The summed E-state index contributed by atoms with van der Waals surface area (Å²) in [4.78, 5) is 8.37. The molecule has 1 heterocycles. The molecule has 1 aromatic heterocycles. The number of nitrogens with zero attached hydrogens (tertiary/aromatic N) is 2. The van der Waals surface area contributed by atoms with Gasteiger partial charge in [-0.15, -0.1) is 0 Å². The van der Waals surface area contributed by atoms with Gasteiger partial charge >= 0.3 is 0 Å². The molecule has 1 rings (SSSR count). The van der Waals surface area contributed by atoms with Gasteiger partial charge in [-0.3, -0.25) is 0 Å². The van der Waals surface area contributed by atoms with Gasteiger partial charge in [-0.25, -0.2) is 9.97 Å². The Hall–Kier alpha value is -0.280. The first-order chi connectivity index (χ1) is 5.63. The van der Waals surface area contributed by atoms with Crippen molar-refractivity contribution in [2.75, 3.05) is 6.26 Å². The number of hydrogen-bond donors (Lipinski definition) is 0. The van der Waals surface area contributed by atoms with E-state index in [4.69, 9.17) is 11.6 Å². The second-order valence-electron chi connectivity index (χ2n) is 2.76. The lowest BCUT2D eigenvalue weighted by Crippen LogP contribution is -1.96. The zero-order chi connectivity index (χ0) is 9.14. The highest BCUT2D eigenvalue weighted by molar-refractivity contribution is 7.98. The molecule has 0 atom stereocenters. The average Bonchev–Trinajstić information content (AvgIpc) is 2.03. The third-order valence-electron chi connectivity index (χ3n) is 1.47. The Morgan fingerprint density at radius 1 is 1.42 bits per heavy atom. The van der Waals surface area contributed by atoms with Crippen LogP contribution < -0.4 is 0 Å². The van der Waals surface area contributed by atoms with Gasteiger partial charge < -0.3 is 0 Å². The second-order valence-corrected chi connectivity index (χ2v) is 3.92. The van der Waals surface area contributed by atoms with Crippen molar-refractivity contribution < 1.29 is 0 Å². The maximum absolute atomic E-state index is 5.81. The minimum Gasteiger partial charge on any atom is -0.227 e. The van der Waals surface area contributed by atoms with Gasteiger partial charge in [0.2, 0.25) is 0 Å². The van der Waals surface area contributed by atoms with Crippen molar-refractivity contribution in [1.82, 2.24) is 9.97 Å². The van der Waals surface area contributed by atoms with Gasteiger partial charge in [0.1, 0.15) is 5.15 Å². The molecule has 2 nitrogen and oxygen atoms in total. The molecule has 0 aliphatic rings. The van der Waals surface area contributed by atoms with Crippen LogP contribution in [0.15, 0.2) is 11.2 Å². The van der Waals surface area contributed by atoms with Crippen LogP contribution in [-0.4, -0.2) is 16.2 Å². The molecular weight excluding hydrogens is 192 g/mol. The largest absolute Gasteiger partial charge is 0.227 e. The van der Waals surface area contributed by atoms with E-state index in [-0.39, 0.29) is 0 Å². The number of rotatable bonds is 2. The van der Waals surface area contributed by atoms with Crippen molar-refractivity contribution in [2.24, 2.45) is 0 Å². The summed E-state index contributed by atoms with van der Waals surface area (Å²) in [6.07, 6.45) is 1.94.